The molecule has 13 heteroatoms. The van der Waals surface area contributed by atoms with E-state index in [1.165, 1.54) is 24.3 Å². The summed E-state index contributed by atoms with van der Waals surface area (Å²) in [5.74, 6) is -6.27. The van der Waals surface area contributed by atoms with Crippen LogP contribution in [0.3, 0.4) is 0 Å². The number of carbonyl (C=O) groups excluding carboxylic acids is 3. The lowest BCUT2D eigenvalue weighted by molar-refractivity contribution is -0.147. The highest BCUT2D eigenvalue weighted by Crippen LogP contribution is 2.38. The van der Waals surface area contributed by atoms with E-state index in [1.54, 1.807) is 20.8 Å². The molecule has 1 atom stereocenters. The minimum absolute atomic E-state index is 0.0857. The number of carbonyl (C=O) groups is 5. The number of amides is 2. The number of nitrogens with two attached hydrogens (primary N) is 1. The molecule has 0 aliphatic carbocycles. The highest BCUT2D eigenvalue weighted by molar-refractivity contribution is 6.36. The fraction of sp³-hybridized carbons (Fsp3) is 0.370. The van der Waals surface area contributed by atoms with Crippen LogP contribution in [0.5, 0.6) is 11.5 Å². The molecular formula is C27H33N3O10. The maximum atomic E-state index is 13.7. The van der Waals surface area contributed by atoms with Crippen molar-refractivity contribution in [2.75, 3.05) is 17.7 Å². The number of rotatable bonds is 11. The fourth-order valence-electron chi connectivity index (χ4n) is 3.53. The third kappa shape index (κ3) is 8.61. The van der Waals surface area contributed by atoms with Crippen molar-refractivity contribution in [2.24, 2.45) is 0 Å². The Morgan fingerprint density at radius 2 is 1.68 bits per heavy atom. The van der Waals surface area contributed by atoms with E-state index < -0.39 is 52.7 Å². The average molecular weight is 560 g/mol. The molecule has 0 bridgehead atoms. The maximum absolute atomic E-state index is 13.7. The van der Waals surface area contributed by atoms with Crippen molar-refractivity contribution in [3.8, 4) is 11.5 Å². The van der Waals surface area contributed by atoms with Gasteiger partial charge in [0.1, 0.15) is 16.9 Å². The Morgan fingerprint density at radius 3 is 2.20 bits per heavy atom. The Hall–Kier alpha value is -4.81. The molecule has 2 amide bonds. The number of hydrogen-bond acceptors (Lipinski definition) is 9. The van der Waals surface area contributed by atoms with E-state index in [1.807, 2.05) is 6.92 Å². The lowest BCUT2D eigenvalue weighted by atomic mass is 9.94. The Balaban J connectivity index is 2.48. The number of Topliss-reactive ketones (excluding diaryl/α,β-unsaturated/α-hetero) is 1. The van der Waals surface area contributed by atoms with Crippen molar-refractivity contribution in [1.82, 2.24) is 5.32 Å². The van der Waals surface area contributed by atoms with Crippen LogP contribution in [0.25, 0.3) is 0 Å². The summed E-state index contributed by atoms with van der Waals surface area (Å²) in [6.07, 6.45) is 0.259. The summed E-state index contributed by atoms with van der Waals surface area (Å²) < 4.78 is 10.8. The smallest absolute Gasteiger partial charge is 0.408 e. The number of ether oxygens (including phenoxy) is 2. The topological polar surface area (TPSA) is 215 Å². The minimum atomic E-state index is -1.66. The third-order valence-electron chi connectivity index (χ3n) is 5.38. The molecule has 40 heavy (non-hydrogen) atoms. The molecule has 0 aliphatic rings. The number of alkyl carbamates (subject to hydrolysis) is 1. The lowest BCUT2D eigenvalue weighted by Gasteiger charge is -2.24. The Morgan fingerprint density at radius 1 is 1.05 bits per heavy atom. The lowest BCUT2D eigenvalue weighted by Crippen LogP contribution is -2.45. The van der Waals surface area contributed by atoms with E-state index in [-0.39, 0.29) is 35.7 Å². The first-order valence-electron chi connectivity index (χ1n) is 12.3. The molecule has 0 radical (unpaired) electrons. The molecular weight excluding hydrogens is 526 g/mol. The number of aromatic hydroxyl groups is 1. The summed E-state index contributed by atoms with van der Waals surface area (Å²) >= 11 is 0. The monoisotopic (exact) mass is 559 g/mol. The van der Waals surface area contributed by atoms with Gasteiger partial charge >= 0.3 is 23.9 Å². The first-order valence-corrected chi connectivity index (χ1v) is 12.3. The van der Waals surface area contributed by atoms with E-state index in [9.17, 15) is 34.2 Å². The van der Waals surface area contributed by atoms with E-state index in [0.29, 0.717) is 12.0 Å². The molecule has 0 aliphatic heterocycles. The van der Waals surface area contributed by atoms with Gasteiger partial charge in [-0.3, -0.25) is 9.59 Å². The van der Waals surface area contributed by atoms with Gasteiger partial charge < -0.3 is 41.2 Å². The Bertz CT molecular complexity index is 1280. The molecule has 0 fully saturated rings. The van der Waals surface area contributed by atoms with Crippen molar-refractivity contribution in [3.63, 3.8) is 0 Å². The zero-order valence-corrected chi connectivity index (χ0v) is 22.6. The number of ketones is 1. The average Bonchev–Trinajstić information content (AvgIpc) is 2.84. The molecule has 2 aromatic rings. The molecule has 216 valence electrons. The number of carboxylic acid groups (broad SMARTS) is 2. The number of phenols is 1. The van der Waals surface area contributed by atoms with Gasteiger partial charge in [-0.25, -0.2) is 14.4 Å². The Kier molecular flexibility index (Phi) is 10.5. The SMILES string of the molecule is CCCCOc1c(N)c(C(=O)[C@H](Cc2ccc(NC(=O)C(=O)O)cc2)NC(=O)OC(C)(C)C)cc(O)c1C(=O)O. The van der Waals surface area contributed by atoms with Gasteiger partial charge in [0.2, 0.25) is 0 Å². The van der Waals surface area contributed by atoms with Crippen molar-refractivity contribution in [1.29, 1.82) is 0 Å². The van der Waals surface area contributed by atoms with E-state index >= 15 is 0 Å². The van der Waals surface area contributed by atoms with Crippen LogP contribution in [0.15, 0.2) is 30.3 Å². The third-order valence-corrected chi connectivity index (χ3v) is 5.38. The summed E-state index contributed by atoms with van der Waals surface area (Å²) in [5, 5.41) is 33.5. The zero-order valence-electron chi connectivity index (χ0n) is 22.6. The Labute approximate surface area is 230 Å². The molecule has 0 saturated carbocycles. The number of aromatic carboxylic acids is 1. The second-order valence-electron chi connectivity index (χ2n) is 9.79. The van der Waals surface area contributed by atoms with Crippen molar-refractivity contribution < 1.29 is 48.8 Å². The number of hydrogen-bond donors (Lipinski definition) is 6. The van der Waals surface area contributed by atoms with Crippen LogP contribution in [-0.2, 0) is 20.7 Å². The van der Waals surface area contributed by atoms with E-state index in [4.69, 9.17) is 20.3 Å². The number of anilines is 2. The van der Waals surface area contributed by atoms with Gasteiger partial charge in [0, 0.05) is 12.1 Å². The largest absolute Gasteiger partial charge is 0.507 e. The van der Waals surface area contributed by atoms with Gasteiger partial charge in [0.25, 0.3) is 0 Å². The standard InChI is InChI=1S/C27H33N3O10/c1-5-6-11-39-22-19(24(34)35)18(31)13-16(20(22)28)21(32)17(30-26(38)40-27(2,3)4)12-14-7-9-15(10-8-14)29-23(33)25(36)37/h7-10,13,17,31H,5-6,11-12,28H2,1-4H3,(H,29,33)(H,30,38)(H,34,35)(H,36,37)/t17-/m0/s1. The quantitative estimate of drug-likeness (QED) is 0.0772. The molecule has 0 spiro atoms. The summed E-state index contributed by atoms with van der Waals surface area (Å²) in [6.45, 7) is 6.88. The number of nitrogen functional groups attached to an aromatic ring is 1. The van der Waals surface area contributed by atoms with Gasteiger partial charge in [0.15, 0.2) is 11.5 Å². The highest BCUT2D eigenvalue weighted by atomic mass is 16.6. The normalized spacial score (nSPS) is 11.7. The fourth-order valence-corrected chi connectivity index (χ4v) is 3.53. The number of nitrogens with one attached hydrogen (secondary N) is 2. The highest BCUT2D eigenvalue weighted by Gasteiger charge is 2.31. The minimum Gasteiger partial charge on any atom is -0.507 e. The second kappa shape index (κ2) is 13.3. The molecule has 13 nitrogen and oxygen atoms in total. The predicted octanol–water partition coefficient (Wildman–Crippen LogP) is 3.19. The van der Waals surface area contributed by atoms with Crippen molar-refractivity contribution >= 4 is 41.1 Å². The van der Waals surface area contributed by atoms with Crippen LogP contribution in [0.1, 0.15) is 66.8 Å². The molecule has 0 heterocycles. The molecule has 2 rings (SSSR count). The summed E-state index contributed by atoms with van der Waals surface area (Å²) in [4.78, 5) is 60.2. The molecule has 0 saturated heterocycles. The number of benzene rings is 2. The summed E-state index contributed by atoms with van der Waals surface area (Å²) in [5.41, 5.74) is 4.77. The first-order chi connectivity index (χ1) is 18.6. The van der Waals surface area contributed by atoms with Gasteiger partial charge in [-0.15, -0.1) is 0 Å². The van der Waals surface area contributed by atoms with Crippen LogP contribution in [0.2, 0.25) is 0 Å². The summed E-state index contributed by atoms with van der Waals surface area (Å²) in [6, 6.07) is 5.43. The first kappa shape index (κ1) is 31.4. The maximum Gasteiger partial charge on any atom is 0.408 e. The number of aliphatic carboxylic acids is 1. The van der Waals surface area contributed by atoms with Crippen molar-refractivity contribution in [3.05, 3.63) is 47.0 Å². The second-order valence-corrected chi connectivity index (χ2v) is 9.79. The van der Waals surface area contributed by atoms with Crippen LogP contribution < -0.4 is 21.1 Å². The predicted molar refractivity (Wildman–Crippen MR) is 144 cm³/mol. The molecule has 0 aromatic heterocycles. The number of carboxylic acids is 2. The molecule has 0 unspecified atom stereocenters. The van der Waals surface area contributed by atoms with Crippen molar-refractivity contribution in [2.45, 2.75) is 58.6 Å². The van der Waals surface area contributed by atoms with Crippen LogP contribution in [0, 0.1) is 0 Å². The zero-order chi connectivity index (χ0) is 30.2. The summed E-state index contributed by atoms with van der Waals surface area (Å²) in [7, 11) is 0. The van der Waals surface area contributed by atoms with E-state index in [2.05, 4.69) is 10.6 Å². The van der Waals surface area contributed by atoms with Gasteiger partial charge in [-0.05, 0) is 51.0 Å². The van der Waals surface area contributed by atoms with Gasteiger partial charge in [-0.1, -0.05) is 25.5 Å². The van der Waals surface area contributed by atoms with Crippen LogP contribution in [0.4, 0.5) is 16.2 Å². The van der Waals surface area contributed by atoms with Gasteiger partial charge in [-0.2, -0.15) is 0 Å². The molecule has 7 N–H and O–H groups in total. The van der Waals surface area contributed by atoms with Crippen LogP contribution >= 0.6 is 0 Å². The van der Waals surface area contributed by atoms with E-state index in [0.717, 1.165) is 12.5 Å². The van der Waals surface area contributed by atoms with Gasteiger partial charge in [0.05, 0.1) is 23.9 Å². The number of unbranched alkanes of at least 4 members (excludes halogenated alkanes) is 1. The molecule has 2 aromatic carbocycles. The van der Waals surface area contributed by atoms with Crippen LogP contribution in [-0.4, -0.2) is 63.3 Å².